The number of para-hydroxylation sites is 2. The summed E-state index contributed by atoms with van der Waals surface area (Å²) in [6.07, 6.45) is 1.32. The van der Waals surface area contributed by atoms with Crippen molar-refractivity contribution >= 4 is 34.4 Å². The van der Waals surface area contributed by atoms with Crippen LogP contribution in [-0.4, -0.2) is 35.0 Å². The number of rotatable bonds is 10. The number of aromatic nitrogens is 2. The van der Waals surface area contributed by atoms with Crippen molar-refractivity contribution in [3.63, 3.8) is 0 Å². The highest BCUT2D eigenvalue weighted by atomic mass is 35.5. The lowest BCUT2D eigenvalue weighted by Crippen LogP contribution is -2.28. The van der Waals surface area contributed by atoms with Crippen molar-refractivity contribution in [2.45, 2.75) is 25.9 Å². The molecule has 0 aliphatic heterocycles. The monoisotopic (exact) mass is 490 g/mol. The van der Waals surface area contributed by atoms with E-state index in [0.717, 1.165) is 28.2 Å². The van der Waals surface area contributed by atoms with E-state index >= 15 is 0 Å². The Bertz CT molecular complexity index is 1300. The molecule has 0 saturated carbocycles. The average molecular weight is 491 g/mol. The molecule has 2 N–H and O–H groups in total. The van der Waals surface area contributed by atoms with Crippen molar-refractivity contribution in [1.82, 2.24) is 20.2 Å². The Balaban J connectivity index is 1.35. The largest absolute Gasteiger partial charge is 0.497 e. The molecule has 8 heteroatoms. The van der Waals surface area contributed by atoms with E-state index in [0.29, 0.717) is 36.5 Å². The quantitative estimate of drug-likeness (QED) is 0.323. The van der Waals surface area contributed by atoms with Crippen molar-refractivity contribution in [3.8, 4) is 5.75 Å². The fourth-order valence-corrected chi connectivity index (χ4v) is 3.91. The Kier molecular flexibility index (Phi) is 8.00. The summed E-state index contributed by atoms with van der Waals surface area (Å²) in [6.45, 7) is 1.10. The van der Waals surface area contributed by atoms with Gasteiger partial charge in [-0.3, -0.25) is 9.59 Å². The van der Waals surface area contributed by atoms with E-state index in [2.05, 4.69) is 10.6 Å². The van der Waals surface area contributed by atoms with Gasteiger partial charge < -0.3 is 19.9 Å². The number of halogens is 1. The van der Waals surface area contributed by atoms with Crippen LogP contribution in [-0.2, 0) is 24.3 Å². The van der Waals surface area contributed by atoms with Gasteiger partial charge in [0.25, 0.3) is 5.91 Å². The highest BCUT2D eigenvalue weighted by Crippen LogP contribution is 2.17. The Labute approximate surface area is 209 Å². The normalized spacial score (nSPS) is 10.8. The highest BCUT2D eigenvalue weighted by Gasteiger charge is 2.14. The molecule has 4 rings (SSSR count). The van der Waals surface area contributed by atoms with Crippen molar-refractivity contribution < 1.29 is 14.3 Å². The molecule has 0 aliphatic rings. The summed E-state index contributed by atoms with van der Waals surface area (Å²) in [5, 5.41) is 6.49. The van der Waals surface area contributed by atoms with Crippen LogP contribution in [0.5, 0.6) is 5.75 Å². The Hall–Kier alpha value is -3.84. The maximum atomic E-state index is 12.8. The molecule has 4 aromatic rings. The molecular weight excluding hydrogens is 464 g/mol. The maximum Gasteiger partial charge on any atom is 0.251 e. The molecule has 0 saturated heterocycles. The number of hydrogen-bond donors (Lipinski definition) is 2. The van der Waals surface area contributed by atoms with E-state index < -0.39 is 0 Å². The molecule has 35 heavy (non-hydrogen) atoms. The van der Waals surface area contributed by atoms with Crippen molar-refractivity contribution in [1.29, 1.82) is 0 Å². The van der Waals surface area contributed by atoms with Crippen molar-refractivity contribution in [2.75, 3.05) is 13.7 Å². The number of nitrogens with zero attached hydrogens (tertiary/aromatic N) is 2. The van der Waals surface area contributed by atoms with Gasteiger partial charge in [0.1, 0.15) is 18.1 Å². The number of imidazole rings is 1. The topological polar surface area (TPSA) is 85.2 Å². The number of carbonyl (C=O) groups is 2. The van der Waals surface area contributed by atoms with E-state index in [-0.39, 0.29) is 18.4 Å². The van der Waals surface area contributed by atoms with Gasteiger partial charge in [0.15, 0.2) is 0 Å². The fourth-order valence-electron chi connectivity index (χ4n) is 3.79. The fraction of sp³-hybridized carbons (Fsp3) is 0.222. The third kappa shape index (κ3) is 6.39. The molecule has 7 nitrogen and oxygen atoms in total. The third-order valence-electron chi connectivity index (χ3n) is 5.65. The van der Waals surface area contributed by atoms with Crippen LogP contribution in [0, 0.1) is 0 Å². The minimum absolute atomic E-state index is 0.0961. The average Bonchev–Trinajstić information content (AvgIpc) is 3.23. The standard InChI is InChI=1S/C27H27ClN4O3/c1-35-22-14-8-19(9-15-22)17-30-26(33)18-32-24-6-3-2-5-23(24)31-25(32)7-4-16-29-27(34)20-10-12-21(28)13-11-20/h2-3,5-6,8-15H,4,7,16-18H2,1H3,(H,29,34)(H,30,33). The van der Waals surface area contributed by atoms with E-state index in [1.165, 1.54) is 0 Å². The number of nitrogens with one attached hydrogen (secondary N) is 2. The summed E-state index contributed by atoms with van der Waals surface area (Å²) in [5.74, 6) is 1.35. The Morgan fingerprint density at radius 1 is 0.971 bits per heavy atom. The summed E-state index contributed by atoms with van der Waals surface area (Å²) < 4.78 is 7.12. The predicted octanol–water partition coefficient (Wildman–Crippen LogP) is 4.38. The zero-order chi connectivity index (χ0) is 24.6. The van der Waals surface area contributed by atoms with Crippen LogP contribution >= 0.6 is 11.6 Å². The number of hydrogen-bond acceptors (Lipinski definition) is 4. The molecule has 0 atom stereocenters. The van der Waals surface area contributed by atoms with Crippen LogP contribution in [0.2, 0.25) is 5.02 Å². The molecule has 1 aromatic heterocycles. The number of benzene rings is 3. The van der Waals surface area contributed by atoms with E-state index in [4.69, 9.17) is 21.3 Å². The summed E-state index contributed by atoms with van der Waals surface area (Å²) in [7, 11) is 1.62. The summed E-state index contributed by atoms with van der Waals surface area (Å²) in [5.41, 5.74) is 3.31. The predicted molar refractivity (Wildman–Crippen MR) is 137 cm³/mol. The van der Waals surface area contributed by atoms with Gasteiger partial charge in [0.2, 0.25) is 5.91 Å². The minimum atomic E-state index is -0.145. The van der Waals surface area contributed by atoms with Crippen LogP contribution in [0.15, 0.2) is 72.8 Å². The van der Waals surface area contributed by atoms with Gasteiger partial charge in [0, 0.05) is 30.1 Å². The molecule has 0 aliphatic carbocycles. The zero-order valence-electron chi connectivity index (χ0n) is 19.5. The zero-order valence-corrected chi connectivity index (χ0v) is 20.2. The molecule has 0 bridgehead atoms. The summed E-state index contributed by atoms with van der Waals surface area (Å²) >= 11 is 5.88. The minimum Gasteiger partial charge on any atom is -0.497 e. The molecular formula is C27H27ClN4O3. The van der Waals surface area contributed by atoms with Crippen LogP contribution in [0.1, 0.15) is 28.2 Å². The van der Waals surface area contributed by atoms with Gasteiger partial charge in [-0.05, 0) is 60.5 Å². The number of carbonyl (C=O) groups excluding carboxylic acids is 2. The molecule has 0 fully saturated rings. The third-order valence-corrected chi connectivity index (χ3v) is 5.91. The maximum absolute atomic E-state index is 12.8. The SMILES string of the molecule is COc1ccc(CNC(=O)Cn2c(CCCNC(=O)c3ccc(Cl)cc3)nc3ccccc32)cc1. The first-order valence-corrected chi connectivity index (χ1v) is 11.8. The van der Waals surface area contributed by atoms with Crippen LogP contribution in [0.25, 0.3) is 11.0 Å². The van der Waals surface area contributed by atoms with Gasteiger partial charge in [-0.1, -0.05) is 35.9 Å². The molecule has 0 radical (unpaired) electrons. The second kappa shape index (κ2) is 11.5. The van der Waals surface area contributed by atoms with E-state index in [1.807, 2.05) is 53.1 Å². The first-order chi connectivity index (χ1) is 17.0. The highest BCUT2D eigenvalue weighted by molar-refractivity contribution is 6.30. The number of amides is 2. The Morgan fingerprint density at radius 2 is 1.71 bits per heavy atom. The first kappa shape index (κ1) is 24.3. The molecule has 0 spiro atoms. The van der Waals surface area contributed by atoms with Gasteiger partial charge in [-0.2, -0.15) is 0 Å². The van der Waals surface area contributed by atoms with Gasteiger partial charge in [-0.15, -0.1) is 0 Å². The summed E-state index contributed by atoms with van der Waals surface area (Å²) in [6, 6.07) is 22.1. The summed E-state index contributed by atoms with van der Waals surface area (Å²) in [4.78, 5) is 29.8. The number of fused-ring (bicyclic) bond motifs is 1. The first-order valence-electron chi connectivity index (χ1n) is 11.4. The van der Waals surface area contributed by atoms with Crippen LogP contribution in [0.3, 0.4) is 0 Å². The molecule has 3 aromatic carbocycles. The van der Waals surface area contributed by atoms with E-state index in [1.54, 1.807) is 31.4 Å². The molecule has 0 unspecified atom stereocenters. The number of methoxy groups -OCH3 is 1. The van der Waals surface area contributed by atoms with Crippen LogP contribution < -0.4 is 15.4 Å². The van der Waals surface area contributed by atoms with E-state index in [9.17, 15) is 9.59 Å². The van der Waals surface area contributed by atoms with Crippen molar-refractivity contribution in [3.05, 3.63) is 94.8 Å². The van der Waals surface area contributed by atoms with Gasteiger partial charge >= 0.3 is 0 Å². The molecule has 2 amide bonds. The number of aryl methyl sites for hydroxylation is 1. The molecule has 180 valence electrons. The lowest BCUT2D eigenvalue weighted by Gasteiger charge is -2.11. The smallest absolute Gasteiger partial charge is 0.251 e. The Morgan fingerprint density at radius 3 is 2.46 bits per heavy atom. The number of ether oxygens (including phenoxy) is 1. The lowest BCUT2D eigenvalue weighted by molar-refractivity contribution is -0.121. The van der Waals surface area contributed by atoms with Gasteiger partial charge in [0.05, 0.1) is 18.1 Å². The molecule has 1 heterocycles. The second-order valence-corrected chi connectivity index (χ2v) is 8.53. The van der Waals surface area contributed by atoms with Crippen molar-refractivity contribution in [2.24, 2.45) is 0 Å². The van der Waals surface area contributed by atoms with Gasteiger partial charge in [-0.25, -0.2) is 4.98 Å². The van der Waals surface area contributed by atoms with Crippen LogP contribution in [0.4, 0.5) is 0 Å². The second-order valence-electron chi connectivity index (χ2n) is 8.09. The lowest BCUT2D eigenvalue weighted by atomic mass is 10.2.